The standard InChI is InChI=1S/C26H31F3N6O2/c27-26(28,29)37-21-4-2-1-3-17(21)13-32-24-33-14-20(12-30)23(35-24)34-15-25-9-16-7-18(10-25)22(31-5-6-36)19(8-16)11-25/h1-4,14,16,18-19,22,31,36H,5-11,13,15H2,(H2,32,33,34,35)/t16?,18-,19+,22+,25?. The number of para-hydroxylation sites is 1. The number of nitrogens with zero attached hydrogens (tertiary/aromatic N) is 3. The molecule has 0 radical (unpaired) electrons. The Bertz CT molecular complexity index is 1140. The van der Waals surface area contributed by atoms with Crippen LogP contribution in [0.1, 0.15) is 43.2 Å². The molecule has 0 spiro atoms. The lowest BCUT2D eigenvalue weighted by atomic mass is 9.48. The van der Waals surface area contributed by atoms with Gasteiger partial charge in [-0.2, -0.15) is 10.2 Å². The van der Waals surface area contributed by atoms with E-state index in [-0.39, 0.29) is 30.3 Å². The molecule has 1 aromatic heterocycles. The van der Waals surface area contributed by atoms with Gasteiger partial charge in [0.1, 0.15) is 23.2 Å². The number of rotatable bonds is 10. The molecule has 8 nitrogen and oxygen atoms in total. The number of aliphatic hydroxyl groups excluding tert-OH is 1. The molecule has 2 unspecified atom stereocenters. The second-order valence-corrected chi connectivity index (χ2v) is 10.6. The number of alkyl halides is 3. The highest BCUT2D eigenvalue weighted by Crippen LogP contribution is 2.60. The van der Waals surface area contributed by atoms with Crippen LogP contribution in [0.4, 0.5) is 24.9 Å². The first-order valence-electron chi connectivity index (χ1n) is 12.7. The molecule has 0 saturated heterocycles. The number of aromatic nitrogens is 2. The van der Waals surface area contributed by atoms with Crippen molar-refractivity contribution in [3.8, 4) is 11.8 Å². The summed E-state index contributed by atoms with van der Waals surface area (Å²) in [5.41, 5.74) is 0.770. The van der Waals surface area contributed by atoms with Gasteiger partial charge < -0.3 is 25.8 Å². The Morgan fingerprint density at radius 2 is 1.89 bits per heavy atom. The van der Waals surface area contributed by atoms with Crippen molar-refractivity contribution < 1.29 is 23.0 Å². The third-order valence-electron chi connectivity index (χ3n) is 8.07. The van der Waals surface area contributed by atoms with Crippen molar-refractivity contribution in [3.05, 3.63) is 41.6 Å². The Balaban J connectivity index is 1.25. The summed E-state index contributed by atoms with van der Waals surface area (Å²) >= 11 is 0. The molecule has 4 fully saturated rings. The van der Waals surface area contributed by atoms with E-state index < -0.39 is 6.36 Å². The molecule has 37 heavy (non-hydrogen) atoms. The van der Waals surface area contributed by atoms with Gasteiger partial charge >= 0.3 is 6.36 Å². The number of nitrogens with one attached hydrogen (secondary N) is 3. The summed E-state index contributed by atoms with van der Waals surface area (Å²) in [6.07, 6.45) is 2.45. The second kappa shape index (κ2) is 10.3. The summed E-state index contributed by atoms with van der Waals surface area (Å²) in [6.45, 7) is 1.50. The lowest BCUT2D eigenvalue weighted by molar-refractivity contribution is -0.274. The maximum Gasteiger partial charge on any atom is 0.573 e. The maximum atomic E-state index is 12.7. The van der Waals surface area contributed by atoms with E-state index in [9.17, 15) is 23.5 Å². The predicted octanol–water partition coefficient (Wildman–Crippen LogP) is 4.05. The Kier molecular flexibility index (Phi) is 7.14. The second-order valence-electron chi connectivity index (χ2n) is 10.6. The topological polar surface area (TPSA) is 115 Å². The smallest absolute Gasteiger partial charge is 0.405 e. The van der Waals surface area contributed by atoms with E-state index in [2.05, 4.69) is 36.7 Å². The number of halogens is 3. The first kappa shape index (κ1) is 25.5. The molecular weight excluding hydrogens is 485 g/mol. The highest BCUT2D eigenvalue weighted by atomic mass is 19.4. The van der Waals surface area contributed by atoms with Crippen molar-refractivity contribution in [1.82, 2.24) is 15.3 Å². The summed E-state index contributed by atoms with van der Waals surface area (Å²) in [5, 5.41) is 28.8. The van der Waals surface area contributed by atoms with Crippen molar-refractivity contribution in [1.29, 1.82) is 5.26 Å². The maximum absolute atomic E-state index is 12.7. The van der Waals surface area contributed by atoms with Crippen molar-refractivity contribution in [3.63, 3.8) is 0 Å². The minimum absolute atomic E-state index is 0.0226. The van der Waals surface area contributed by atoms with Crippen LogP contribution in [0.15, 0.2) is 30.5 Å². The monoisotopic (exact) mass is 516 g/mol. The van der Waals surface area contributed by atoms with E-state index in [0.717, 1.165) is 19.3 Å². The van der Waals surface area contributed by atoms with Crippen LogP contribution in [-0.4, -0.2) is 47.2 Å². The zero-order valence-corrected chi connectivity index (χ0v) is 20.4. The van der Waals surface area contributed by atoms with Gasteiger partial charge in [0.25, 0.3) is 0 Å². The van der Waals surface area contributed by atoms with Crippen LogP contribution >= 0.6 is 0 Å². The summed E-state index contributed by atoms with van der Waals surface area (Å²) in [4.78, 5) is 8.64. The SMILES string of the molecule is N#Cc1cnc(NCc2ccccc2OC(F)(F)F)nc1NCC12CC3C[C@H](C1)[C@H](NCCO)[C@@H](C3)C2. The van der Waals surface area contributed by atoms with Gasteiger partial charge in [0.15, 0.2) is 0 Å². The minimum atomic E-state index is -4.79. The lowest BCUT2D eigenvalue weighted by Crippen LogP contribution is -2.60. The zero-order valence-electron chi connectivity index (χ0n) is 20.4. The third-order valence-corrected chi connectivity index (χ3v) is 8.07. The van der Waals surface area contributed by atoms with Crippen LogP contribution in [0.2, 0.25) is 0 Å². The molecule has 11 heteroatoms. The van der Waals surface area contributed by atoms with Gasteiger partial charge in [0.05, 0.1) is 12.8 Å². The van der Waals surface area contributed by atoms with Crippen LogP contribution in [0, 0.1) is 34.5 Å². The highest BCUT2D eigenvalue weighted by Gasteiger charge is 2.54. The average Bonchev–Trinajstić information content (AvgIpc) is 2.85. The number of hydrogen-bond donors (Lipinski definition) is 4. The molecule has 1 heterocycles. The van der Waals surface area contributed by atoms with Crippen LogP contribution in [0.25, 0.3) is 0 Å². The first-order valence-corrected chi connectivity index (χ1v) is 12.7. The zero-order chi connectivity index (χ0) is 26.0. The number of hydrogen-bond acceptors (Lipinski definition) is 8. The van der Waals surface area contributed by atoms with E-state index in [0.29, 0.717) is 53.8 Å². The van der Waals surface area contributed by atoms with Crippen LogP contribution in [0.3, 0.4) is 0 Å². The van der Waals surface area contributed by atoms with E-state index in [1.54, 1.807) is 6.07 Å². The Labute approximate surface area is 213 Å². The quantitative estimate of drug-likeness (QED) is 0.374. The van der Waals surface area contributed by atoms with Gasteiger partial charge in [-0.3, -0.25) is 0 Å². The Morgan fingerprint density at radius 1 is 1.14 bits per heavy atom. The summed E-state index contributed by atoms with van der Waals surface area (Å²) in [7, 11) is 0. The van der Waals surface area contributed by atoms with Crippen molar-refractivity contribution in [2.24, 2.45) is 23.2 Å². The molecule has 4 saturated carbocycles. The summed E-state index contributed by atoms with van der Waals surface area (Å²) in [5.74, 6) is 2.24. The van der Waals surface area contributed by atoms with Gasteiger partial charge in [0.2, 0.25) is 5.95 Å². The number of nitriles is 1. The molecule has 0 amide bonds. The van der Waals surface area contributed by atoms with E-state index in [4.69, 9.17) is 0 Å². The predicted molar refractivity (Wildman–Crippen MR) is 131 cm³/mol. The first-order chi connectivity index (χ1) is 17.8. The molecular formula is C26H31F3N6O2. The fourth-order valence-electron chi connectivity index (χ4n) is 6.98. The highest BCUT2D eigenvalue weighted by molar-refractivity contribution is 5.53. The number of ether oxygens (including phenoxy) is 1. The molecule has 4 bridgehead atoms. The Hall–Kier alpha value is -3.10. The molecule has 2 aromatic rings. The Morgan fingerprint density at radius 3 is 2.59 bits per heavy atom. The normalized spacial score (nSPS) is 28.1. The van der Waals surface area contributed by atoms with Crippen molar-refractivity contribution in [2.75, 3.05) is 30.3 Å². The molecule has 6 rings (SSSR count). The van der Waals surface area contributed by atoms with Gasteiger partial charge in [-0.15, -0.1) is 13.2 Å². The number of aliphatic hydroxyl groups is 1. The van der Waals surface area contributed by atoms with Crippen LogP contribution < -0.4 is 20.7 Å². The lowest BCUT2D eigenvalue weighted by Gasteiger charge is -2.60. The van der Waals surface area contributed by atoms with Crippen LogP contribution in [0.5, 0.6) is 5.75 Å². The fourth-order valence-corrected chi connectivity index (χ4v) is 6.98. The molecule has 4 aliphatic carbocycles. The number of benzene rings is 1. The largest absolute Gasteiger partial charge is 0.573 e. The summed E-state index contributed by atoms with van der Waals surface area (Å²) < 4.78 is 42.3. The van der Waals surface area contributed by atoms with Gasteiger partial charge in [-0.1, -0.05) is 18.2 Å². The van der Waals surface area contributed by atoms with Gasteiger partial charge in [-0.05, 0) is 61.3 Å². The molecule has 198 valence electrons. The van der Waals surface area contributed by atoms with Gasteiger partial charge in [-0.25, -0.2) is 4.98 Å². The minimum Gasteiger partial charge on any atom is -0.405 e. The summed E-state index contributed by atoms with van der Waals surface area (Å²) in [6, 6.07) is 8.48. The van der Waals surface area contributed by atoms with Crippen LogP contribution in [-0.2, 0) is 6.54 Å². The number of anilines is 2. The average molecular weight is 517 g/mol. The van der Waals surface area contributed by atoms with E-state index >= 15 is 0 Å². The molecule has 4 aliphatic rings. The molecule has 1 aromatic carbocycles. The van der Waals surface area contributed by atoms with E-state index in [1.165, 1.54) is 37.2 Å². The molecule has 0 aliphatic heterocycles. The third kappa shape index (κ3) is 5.75. The van der Waals surface area contributed by atoms with Crippen molar-refractivity contribution in [2.45, 2.75) is 51.1 Å². The van der Waals surface area contributed by atoms with Gasteiger partial charge in [0, 0.05) is 31.2 Å². The fraction of sp³-hybridized carbons (Fsp3) is 0.577. The molecule has 4 N–H and O–H groups in total. The van der Waals surface area contributed by atoms with E-state index in [1.807, 2.05) is 0 Å². The van der Waals surface area contributed by atoms with Crippen molar-refractivity contribution >= 4 is 11.8 Å². The molecule has 5 atom stereocenters.